The summed E-state index contributed by atoms with van der Waals surface area (Å²) in [4.78, 5) is 0. The quantitative estimate of drug-likeness (QED) is 0.786. The van der Waals surface area contributed by atoms with Crippen molar-refractivity contribution in [1.29, 1.82) is 0 Å². The van der Waals surface area contributed by atoms with E-state index in [1.54, 1.807) is 0 Å². The molecule has 0 aromatic heterocycles. The first-order valence-electron chi connectivity index (χ1n) is 6.80. The zero-order valence-corrected chi connectivity index (χ0v) is 13.3. The van der Waals surface area contributed by atoms with Crippen LogP contribution in [0.4, 0.5) is 0 Å². The molecule has 0 saturated heterocycles. The number of nitrogens with one attached hydrogen (secondary N) is 1. The lowest BCUT2D eigenvalue weighted by molar-refractivity contribution is 0.268. The standard InChI is InChI=1S/C15H21BrClN/c1-2-15(7-3-4-8-15)11-18-10-12-5-6-13(17)9-14(12)16/h5-6,9,18H,2-4,7-8,10-11H2,1H3. The van der Waals surface area contributed by atoms with E-state index < -0.39 is 0 Å². The maximum absolute atomic E-state index is 5.95. The molecule has 0 radical (unpaired) electrons. The zero-order chi connectivity index (χ0) is 13.0. The van der Waals surface area contributed by atoms with E-state index in [1.807, 2.05) is 12.1 Å². The second-order valence-corrected chi connectivity index (χ2v) is 6.69. The Kier molecular flexibility index (Phi) is 5.11. The first-order chi connectivity index (χ1) is 8.65. The van der Waals surface area contributed by atoms with E-state index in [9.17, 15) is 0 Å². The van der Waals surface area contributed by atoms with Crippen molar-refractivity contribution >= 4 is 27.5 Å². The zero-order valence-electron chi connectivity index (χ0n) is 10.9. The average Bonchev–Trinajstić information content (AvgIpc) is 2.81. The highest BCUT2D eigenvalue weighted by Crippen LogP contribution is 2.40. The number of hydrogen-bond acceptors (Lipinski definition) is 1. The molecule has 0 heterocycles. The Morgan fingerprint density at radius 2 is 2.06 bits per heavy atom. The van der Waals surface area contributed by atoms with Gasteiger partial charge in [0.05, 0.1) is 0 Å². The van der Waals surface area contributed by atoms with E-state index in [4.69, 9.17) is 11.6 Å². The average molecular weight is 331 g/mol. The van der Waals surface area contributed by atoms with E-state index in [-0.39, 0.29) is 0 Å². The minimum atomic E-state index is 0.554. The van der Waals surface area contributed by atoms with E-state index in [0.717, 1.165) is 22.6 Å². The van der Waals surface area contributed by atoms with Gasteiger partial charge in [0.15, 0.2) is 0 Å². The van der Waals surface area contributed by atoms with Crippen LogP contribution in [0.15, 0.2) is 22.7 Å². The third kappa shape index (κ3) is 3.49. The first-order valence-corrected chi connectivity index (χ1v) is 7.97. The molecule has 100 valence electrons. The molecular weight excluding hydrogens is 310 g/mol. The Morgan fingerprint density at radius 3 is 2.67 bits per heavy atom. The molecule has 0 bridgehead atoms. The molecule has 0 unspecified atom stereocenters. The fourth-order valence-electron chi connectivity index (χ4n) is 2.91. The summed E-state index contributed by atoms with van der Waals surface area (Å²) in [6, 6.07) is 6.00. The predicted molar refractivity (Wildman–Crippen MR) is 82.1 cm³/mol. The van der Waals surface area contributed by atoms with Crippen molar-refractivity contribution in [2.45, 2.75) is 45.6 Å². The van der Waals surface area contributed by atoms with Crippen LogP contribution in [-0.2, 0) is 6.54 Å². The van der Waals surface area contributed by atoms with Gasteiger partial charge in [-0.25, -0.2) is 0 Å². The highest BCUT2D eigenvalue weighted by molar-refractivity contribution is 9.10. The first kappa shape index (κ1) is 14.4. The molecule has 0 spiro atoms. The third-order valence-electron chi connectivity index (χ3n) is 4.24. The van der Waals surface area contributed by atoms with Gasteiger partial charge in [-0.05, 0) is 42.4 Å². The van der Waals surface area contributed by atoms with E-state index in [0.29, 0.717) is 5.41 Å². The van der Waals surface area contributed by atoms with E-state index in [1.165, 1.54) is 37.7 Å². The molecule has 1 nitrogen and oxygen atoms in total. The van der Waals surface area contributed by atoms with Crippen LogP contribution >= 0.6 is 27.5 Å². The van der Waals surface area contributed by atoms with Crippen LogP contribution in [0.3, 0.4) is 0 Å². The van der Waals surface area contributed by atoms with Crippen molar-refractivity contribution in [2.24, 2.45) is 5.41 Å². The summed E-state index contributed by atoms with van der Waals surface area (Å²) in [6.45, 7) is 4.38. The van der Waals surface area contributed by atoms with Crippen LogP contribution in [0.25, 0.3) is 0 Å². The molecule has 3 heteroatoms. The molecule has 0 atom stereocenters. The lowest BCUT2D eigenvalue weighted by Gasteiger charge is -2.28. The summed E-state index contributed by atoms with van der Waals surface area (Å²) in [5.41, 5.74) is 1.84. The normalized spacial score (nSPS) is 18.2. The molecule has 1 aromatic carbocycles. The molecule has 1 fully saturated rings. The number of rotatable bonds is 5. The van der Waals surface area contributed by atoms with Gasteiger partial charge in [-0.15, -0.1) is 0 Å². The Balaban J connectivity index is 1.88. The smallest absolute Gasteiger partial charge is 0.0417 e. The molecule has 1 aromatic rings. The van der Waals surface area contributed by atoms with Gasteiger partial charge in [-0.2, -0.15) is 0 Å². The Morgan fingerprint density at radius 1 is 1.33 bits per heavy atom. The van der Waals surface area contributed by atoms with Gasteiger partial charge in [-0.3, -0.25) is 0 Å². The molecular formula is C15H21BrClN. The van der Waals surface area contributed by atoms with Crippen LogP contribution in [-0.4, -0.2) is 6.54 Å². The largest absolute Gasteiger partial charge is 0.312 e. The minimum absolute atomic E-state index is 0.554. The maximum atomic E-state index is 5.95. The summed E-state index contributed by atoms with van der Waals surface area (Å²) in [6.07, 6.45) is 6.87. The lowest BCUT2D eigenvalue weighted by Crippen LogP contribution is -2.31. The monoisotopic (exact) mass is 329 g/mol. The van der Waals surface area contributed by atoms with Gasteiger partial charge in [0.2, 0.25) is 0 Å². The highest BCUT2D eigenvalue weighted by Gasteiger charge is 2.31. The van der Waals surface area contributed by atoms with Crippen molar-refractivity contribution in [3.05, 3.63) is 33.3 Å². The maximum Gasteiger partial charge on any atom is 0.0417 e. The van der Waals surface area contributed by atoms with Crippen LogP contribution in [0.5, 0.6) is 0 Å². The third-order valence-corrected chi connectivity index (χ3v) is 5.22. The fourth-order valence-corrected chi connectivity index (χ4v) is 3.73. The molecule has 18 heavy (non-hydrogen) atoms. The molecule has 1 aliphatic carbocycles. The van der Waals surface area contributed by atoms with Gasteiger partial charge in [0, 0.05) is 22.6 Å². The summed E-state index contributed by atoms with van der Waals surface area (Å²) in [7, 11) is 0. The predicted octanol–water partition coefficient (Wildman–Crippen LogP) is 5.16. The molecule has 2 rings (SSSR count). The number of hydrogen-bond donors (Lipinski definition) is 1. The van der Waals surface area contributed by atoms with Crippen molar-refractivity contribution in [3.8, 4) is 0 Å². The van der Waals surface area contributed by atoms with Crippen LogP contribution in [0.1, 0.15) is 44.6 Å². The summed E-state index contributed by atoms with van der Waals surface area (Å²) in [5, 5.41) is 4.41. The summed E-state index contributed by atoms with van der Waals surface area (Å²) in [5.74, 6) is 0. The van der Waals surface area contributed by atoms with E-state index >= 15 is 0 Å². The molecule has 0 aliphatic heterocycles. The van der Waals surface area contributed by atoms with Crippen LogP contribution in [0, 0.1) is 5.41 Å². The van der Waals surface area contributed by atoms with Gasteiger partial charge in [-0.1, -0.05) is 53.4 Å². The van der Waals surface area contributed by atoms with Gasteiger partial charge < -0.3 is 5.32 Å². The molecule has 0 amide bonds. The summed E-state index contributed by atoms with van der Waals surface area (Å²) >= 11 is 9.52. The molecule has 1 N–H and O–H groups in total. The van der Waals surface area contributed by atoms with Crippen molar-refractivity contribution in [3.63, 3.8) is 0 Å². The Bertz CT molecular complexity index is 399. The van der Waals surface area contributed by atoms with Crippen molar-refractivity contribution in [1.82, 2.24) is 5.32 Å². The molecule has 1 saturated carbocycles. The Labute approximate surface area is 123 Å². The lowest BCUT2D eigenvalue weighted by atomic mass is 9.83. The van der Waals surface area contributed by atoms with Gasteiger partial charge >= 0.3 is 0 Å². The second-order valence-electron chi connectivity index (χ2n) is 5.40. The van der Waals surface area contributed by atoms with Crippen LogP contribution < -0.4 is 5.32 Å². The van der Waals surface area contributed by atoms with Crippen molar-refractivity contribution < 1.29 is 0 Å². The molecule has 1 aliphatic rings. The Hall–Kier alpha value is -0.0500. The van der Waals surface area contributed by atoms with Crippen molar-refractivity contribution in [2.75, 3.05) is 6.54 Å². The van der Waals surface area contributed by atoms with E-state index in [2.05, 4.69) is 34.2 Å². The second kappa shape index (κ2) is 6.40. The highest BCUT2D eigenvalue weighted by atomic mass is 79.9. The van der Waals surface area contributed by atoms with Crippen LogP contribution in [0.2, 0.25) is 5.02 Å². The fraction of sp³-hybridized carbons (Fsp3) is 0.600. The SMILES string of the molecule is CCC1(CNCc2ccc(Cl)cc2Br)CCCC1. The van der Waals surface area contributed by atoms with Gasteiger partial charge in [0.1, 0.15) is 0 Å². The summed E-state index contributed by atoms with van der Waals surface area (Å²) < 4.78 is 1.10. The van der Waals surface area contributed by atoms with Gasteiger partial charge in [0.25, 0.3) is 0 Å². The number of benzene rings is 1. The number of halogens is 2. The topological polar surface area (TPSA) is 12.0 Å². The minimum Gasteiger partial charge on any atom is -0.312 e.